The Labute approximate surface area is 106 Å². The van der Waals surface area contributed by atoms with E-state index < -0.39 is 24.6 Å². The van der Waals surface area contributed by atoms with Crippen molar-refractivity contribution in [1.29, 1.82) is 0 Å². The van der Waals surface area contributed by atoms with E-state index >= 15 is 0 Å². The fourth-order valence-electron chi connectivity index (χ4n) is 1.37. The van der Waals surface area contributed by atoms with Crippen LogP contribution in [0.3, 0.4) is 0 Å². The first-order chi connectivity index (χ1) is 8.23. The van der Waals surface area contributed by atoms with Crippen molar-refractivity contribution in [2.24, 2.45) is 0 Å². The fraction of sp³-hybridized carbons (Fsp3) is 0.500. The van der Waals surface area contributed by atoms with Crippen LogP contribution < -0.4 is 11.1 Å². The Morgan fingerprint density at radius 3 is 2.72 bits per heavy atom. The van der Waals surface area contributed by atoms with Crippen LogP contribution in [0.25, 0.3) is 0 Å². The van der Waals surface area contributed by atoms with Crippen LogP contribution in [0.2, 0.25) is 0 Å². The molecule has 1 unspecified atom stereocenters. The fourth-order valence-corrected chi connectivity index (χ4v) is 2.38. The first kappa shape index (κ1) is 14.6. The average Bonchev–Trinajstić information content (AvgIpc) is 2.55. The normalized spacial score (nSPS) is 13.2. The molecule has 102 valence electrons. The highest BCUT2D eigenvalue weighted by molar-refractivity contribution is 7.18. The van der Waals surface area contributed by atoms with E-state index in [9.17, 15) is 18.0 Å². The Morgan fingerprint density at radius 1 is 1.61 bits per heavy atom. The Bertz CT molecular complexity index is 431. The molecule has 0 bridgehead atoms. The number of nitrogen functional groups attached to an aromatic ring is 1. The van der Waals surface area contributed by atoms with E-state index in [0.29, 0.717) is 5.00 Å². The van der Waals surface area contributed by atoms with Crippen LogP contribution in [-0.4, -0.2) is 25.3 Å². The van der Waals surface area contributed by atoms with Gasteiger partial charge in [-0.2, -0.15) is 13.2 Å². The van der Waals surface area contributed by atoms with E-state index in [1.807, 2.05) is 0 Å². The zero-order valence-electron chi connectivity index (χ0n) is 9.80. The molecule has 1 aromatic heterocycles. The lowest BCUT2D eigenvalue weighted by atomic mass is 10.2. The van der Waals surface area contributed by atoms with E-state index in [2.05, 4.69) is 10.1 Å². The number of hydrogen-bond acceptors (Lipinski definition) is 5. The van der Waals surface area contributed by atoms with Gasteiger partial charge in [0.15, 0.2) is 0 Å². The Kier molecular flexibility index (Phi) is 4.44. The predicted octanol–water partition coefficient (Wildman–Crippen LogP) is 2.87. The molecule has 0 aliphatic heterocycles. The van der Waals surface area contributed by atoms with E-state index in [1.165, 1.54) is 20.1 Å². The molecule has 0 radical (unpaired) electrons. The Morgan fingerprint density at radius 2 is 2.22 bits per heavy atom. The zero-order valence-corrected chi connectivity index (χ0v) is 10.6. The molecule has 4 nitrogen and oxygen atoms in total. The van der Waals surface area contributed by atoms with Gasteiger partial charge in [-0.15, -0.1) is 11.3 Å². The van der Waals surface area contributed by atoms with Crippen LogP contribution >= 0.6 is 11.3 Å². The van der Waals surface area contributed by atoms with E-state index in [-0.39, 0.29) is 10.6 Å². The number of alkyl halides is 3. The molecule has 0 saturated heterocycles. The van der Waals surface area contributed by atoms with Gasteiger partial charge in [-0.05, 0) is 13.0 Å². The molecule has 1 heterocycles. The van der Waals surface area contributed by atoms with E-state index in [0.717, 1.165) is 11.3 Å². The molecule has 0 amide bonds. The number of rotatable bonds is 4. The highest BCUT2D eigenvalue weighted by Crippen LogP contribution is 2.31. The Hall–Kier alpha value is -1.44. The molecule has 1 aromatic rings. The number of methoxy groups -OCH3 is 1. The number of anilines is 2. The van der Waals surface area contributed by atoms with Gasteiger partial charge in [-0.1, -0.05) is 0 Å². The quantitative estimate of drug-likeness (QED) is 0.833. The maximum Gasteiger partial charge on any atom is 0.391 e. The molecular formula is C10H13F3N2O2S. The summed E-state index contributed by atoms with van der Waals surface area (Å²) in [5.41, 5.74) is 5.76. The maximum absolute atomic E-state index is 12.1. The molecule has 1 atom stereocenters. The second kappa shape index (κ2) is 5.47. The van der Waals surface area contributed by atoms with Crippen molar-refractivity contribution in [3.63, 3.8) is 0 Å². The number of nitrogens with one attached hydrogen (secondary N) is 1. The van der Waals surface area contributed by atoms with Crippen molar-refractivity contribution < 1.29 is 22.7 Å². The van der Waals surface area contributed by atoms with Gasteiger partial charge in [-0.25, -0.2) is 4.79 Å². The third-order valence-electron chi connectivity index (χ3n) is 2.06. The monoisotopic (exact) mass is 282 g/mol. The molecule has 0 saturated carbocycles. The molecule has 18 heavy (non-hydrogen) atoms. The first-order valence-electron chi connectivity index (χ1n) is 5.04. The number of ether oxygens (including phenoxy) is 1. The SMILES string of the molecule is COC(=O)c1sc(NC(C)CC(F)(F)F)cc1N. The van der Waals surface area contributed by atoms with Crippen molar-refractivity contribution in [1.82, 2.24) is 0 Å². The molecule has 0 aliphatic carbocycles. The lowest BCUT2D eigenvalue weighted by Gasteiger charge is -2.15. The van der Waals surface area contributed by atoms with Gasteiger partial charge < -0.3 is 15.8 Å². The lowest BCUT2D eigenvalue weighted by Crippen LogP contribution is -2.23. The summed E-state index contributed by atoms with van der Waals surface area (Å²) in [5, 5.41) is 3.06. The number of carbonyl (C=O) groups excluding carboxylic acids is 1. The molecule has 1 rings (SSSR count). The van der Waals surface area contributed by atoms with Gasteiger partial charge in [0.1, 0.15) is 4.88 Å². The second-order valence-electron chi connectivity index (χ2n) is 3.75. The van der Waals surface area contributed by atoms with Crippen LogP contribution in [0.15, 0.2) is 6.07 Å². The minimum Gasteiger partial charge on any atom is -0.465 e. The predicted molar refractivity (Wildman–Crippen MR) is 63.8 cm³/mol. The van der Waals surface area contributed by atoms with Crippen molar-refractivity contribution in [2.75, 3.05) is 18.2 Å². The highest BCUT2D eigenvalue weighted by atomic mass is 32.1. The number of thiophene rings is 1. The minimum atomic E-state index is -4.24. The molecule has 0 spiro atoms. The van der Waals surface area contributed by atoms with Crippen molar-refractivity contribution >= 4 is 28.0 Å². The van der Waals surface area contributed by atoms with Gasteiger partial charge in [-0.3, -0.25) is 0 Å². The number of nitrogens with two attached hydrogens (primary N) is 1. The van der Waals surface area contributed by atoms with Crippen molar-refractivity contribution in [3.05, 3.63) is 10.9 Å². The summed E-state index contributed by atoms with van der Waals surface area (Å²) in [6.07, 6.45) is -5.20. The largest absolute Gasteiger partial charge is 0.465 e. The topological polar surface area (TPSA) is 64.3 Å². The highest BCUT2D eigenvalue weighted by Gasteiger charge is 2.30. The van der Waals surface area contributed by atoms with Gasteiger partial charge in [0.05, 0.1) is 24.2 Å². The first-order valence-corrected chi connectivity index (χ1v) is 5.85. The second-order valence-corrected chi connectivity index (χ2v) is 4.80. The average molecular weight is 282 g/mol. The summed E-state index contributed by atoms with van der Waals surface area (Å²) in [5.74, 6) is -0.603. The third kappa shape index (κ3) is 4.10. The minimum absolute atomic E-state index is 0.180. The van der Waals surface area contributed by atoms with Crippen LogP contribution in [0.4, 0.5) is 23.9 Å². The molecule has 8 heteroatoms. The zero-order chi connectivity index (χ0) is 13.9. The molecular weight excluding hydrogens is 269 g/mol. The molecule has 0 fully saturated rings. The van der Waals surface area contributed by atoms with E-state index in [1.54, 1.807) is 0 Å². The third-order valence-corrected chi connectivity index (χ3v) is 3.12. The summed E-state index contributed by atoms with van der Waals surface area (Å²) < 4.78 is 40.9. The summed E-state index contributed by atoms with van der Waals surface area (Å²) >= 11 is 0.969. The number of halogens is 3. The number of esters is 1. The lowest BCUT2D eigenvalue weighted by molar-refractivity contribution is -0.136. The van der Waals surface area contributed by atoms with Gasteiger partial charge >= 0.3 is 12.1 Å². The Balaban J connectivity index is 2.72. The smallest absolute Gasteiger partial charge is 0.391 e. The van der Waals surface area contributed by atoms with Crippen molar-refractivity contribution in [3.8, 4) is 0 Å². The maximum atomic E-state index is 12.1. The standard InChI is InChI=1S/C10H13F3N2O2S/c1-5(4-10(11,12)13)15-7-3-6(14)8(18-7)9(16)17-2/h3,5,15H,4,14H2,1-2H3. The molecule has 0 aliphatic rings. The van der Waals surface area contributed by atoms with Gasteiger partial charge in [0, 0.05) is 6.04 Å². The molecule has 3 N–H and O–H groups in total. The van der Waals surface area contributed by atoms with Crippen LogP contribution in [0.1, 0.15) is 23.0 Å². The van der Waals surface area contributed by atoms with Crippen LogP contribution in [0, 0.1) is 0 Å². The van der Waals surface area contributed by atoms with Gasteiger partial charge in [0.2, 0.25) is 0 Å². The summed E-state index contributed by atoms with van der Waals surface area (Å²) in [4.78, 5) is 11.4. The van der Waals surface area contributed by atoms with Crippen LogP contribution in [0.5, 0.6) is 0 Å². The van der Waals surface area contributed by atoms with Gasteiger partial charge in [0.25, 0.3) is 0 Å². The van der Waals surface area contributed by atoms with Crippen molar-refractivity contribution in [2.45, 2.75) is 25.6 Å². The number of carbonyl (C=O) groups is 1. The summed E-state index contributed by atoms with van der Waals surface area (Å²) in [6.45, 7) is 1.40. The summed E-state index contributed by atoms with van der Waals surface area (Å²) in [6, 6.07) is 0.623. The van der Waals surface area contributed by atoms with Crippen LogP contribution in [-0.2, 0) is 4.74 Å². The summed E-state index contributed by atoms with van der Waals surface area (Å²) in [7, 11) is 1.21. The van der Waals surface area contributed by atoms with E-state index in [4.69, 9.17) is 5.73 Å². The molecule has 0 aromatic carbocycles. The number of hydrogen-bond donors (Lipinski definition) is 2.